The van der Waals surface area contributed by atoms with Crippen LogP contribution < -0.4 is 10.6 Å². The highest BCUT2D eigenvalue weighted by Gasteiger charge is 2.41. The lowest BCUT2D eigenvalue weighted by Crippen LogP contribution is -2.47. The molecule has 2 aliphatic heterocycles. The van der Waals surface area contributed by atoms with Crippen LogP contribution >= 0.6 is 24.0 Å². The number of fused-ring (bicyclic) bond motifs is 2. The number of nitrogens with zero attached hydrogens (tertiary/aromatic N) is 3. The Hall–Kier alpha value is -0.900. The Morgan fingerprint density at radius 2 is 2.26 bits per heavy atom. The second kappa shape index (κ2) is 8.81. The van der Waals surface area contributed by atoms with Gasteiger partial charge in [0.25, 0.3) is 0 Å². The summed E-state index contributed by atoms with van der Waals surface area (Å²) in [5.41, 5.74) is 0. The van der Waals surface area contributed by atoms with Crippen LogP contribution in [-0.2, 0) is 11.2 Å². The van der Waals surface area contributed by atoms with E-state index in [1.165, 1.54) is 6.42 Å². The highest BCUT2D eigenvalue weighted by Crippen LogP contribution is 2.34. The lowest BCUT2D eigenvalue weighted by Gasteiger charge is -2.22. The van der Waals surface area contributed by atoms with Crippen molar-refractivity contribution < 1.29 is 9.26 Å². The van der Waals surface area contributed by atoms with E-state index in [2.05, 4.69) is 32.7 Å². The molecule has 0 amide bonds. The summed E-state index contributed by atoms with van der Waals surface area (Å²) in [4.78, 5) is 8.83. The Balaban J connectivity index is 0.00000192. The van der Waals surface area contributed by atoms with Crippen LogP contribution in [0.25, 0.3) is 0 Å². The van der Waals surface area contributed by atoms with Crippen molar-refractivity contribution in [3.63, 3.8) is 0 Å². The summed E-state index contributed by atoms with van der Waals surface area (Å²) in [6.45, 7) is 5.50. The maximum Gasteiger partial charge on any atom is 0.226 e. The molecule has 0 saturated carbocycles. The molecule has 7 nitrogen and oxygen atoms in total. The Bertz CT molecular complexity index is 522. The van der Waals surface area contributed by atoms with Gasteiger partial charge in [0.1, 0.15) is 0 Å². The lowest BCUT2D eigenvalue weighted by atomic mass is 9.96. The van der Waals surface area contributed by atoms with Gasteiger partial charge in [-0.3, -0.25) is 4.99 Å². The van der Waals surface area contributed by atoms with Crippen molar-refractivity contribution >= 4 is 29.9 Å². The van der Waals surface area contributed by atoms with Gasteiger partial charge in [-0.2, -0.15) is 4.98 Å². The van der Waals surface area contributed by atoms with Gasteiger partial charge < -0.3 is 19.9 Å². The van der Waals surface area contributed by atoms with Gasteiger partial charge >= 0.3 is 0 Å². The van der Waals surface area contributed by atoms with Gasteiger partial charge in [-0.1, -0.05) is 5.16 Å². The molecule has 3 unspecified atom stereocenters. The normalized spacial score (nSPS) is 26.2. The summed E-state index contributed by atoms with van der Waals surface area (Å²) in [7, 11) is 0. The van der Waals surface area contributed by atoms with Crippen molar-refractivity contribution in [3.05, 3.63) is 11.7 Å². The van der Waals surface area contributed by atoms with E-state index < -0.39 is 0 Å². The van der Waals surface area contributed by atoms with Gasteiger partial charge in [0.2, 0.25) is 5.89 Å². The van der Waals surface area contributed by atoms with Gasteiger partial charge in [-0.25, -0.2) is 0 Å². The molecule has 0 radical (unpaired) electrons. The van der Waals surface area contributed by atoms with Crippen LogP contribution in [0.4, 0.5) is 0 Å². The van der Waals surface area contributed by atoms with Gasteiger partial charge in [-0.05, 0) is 39.5 Å². The van der Waals surface area contributed by atoms with E-state index in [-0.39, 0.29) is 24.0 Å². The molecule has 1 aromatic heterocycles. The zero-order chi connectivity index (χ0) is 15.4. The van der Waals surface area contributed by atoms with E-state index in [0.717, 1.165) is 44.7 Å². The molecule has 2 N–H and O–H groups in total. The number of hydrogen-bond acceptors (Lipinski definition) is 5. The Labute approximate surface area is 154 Å². The molecule has 0 spiro atoms. The average Bonchev–Trinajstić information content (AvgIpc) is 3.20. The minimum atomic E-state index is 0. The van der Waals surface area contributed by atoms with Gasteiger partial charge in [0, 0.05) is 19.5 Å². The molecule has 130 valence electrons. The lowest BCUT2D eigenvalue weighted by molar-refractivity contribution is 0.0992. The fourth-order valence-electron chi connectivity index (χ4n) is 3.15. The molecule has 0 aromatic carbocycles. The van der Waals surface area contributed by atoms with Crippen LogP contribution in [0.3, 0.4) is 0 Å². The van der Waals surface area contributed by atoms with Crippen molar-refractivity contribution in [3.8, 4) is 0 Å². The second-order valence-electron chi connectivity index (χ2n) is 5.96. The number of hydrogen-bond donors (Lipinski definition) is 2. The number of ether oxygens (including phenoxy) is 1. The summed E-state index contributed by atoms with van der Waals surface area (Å²) in [5, 5.41) is 10.6. The first-order valence-electron chi connectivity index (χ1n) is 8.24. The summed E-state index contributed by atoms with van der Waals surface area (Å²) >= 11 is 0. The summed E-state index contributed by atoms with van der Waals surface area (Å²) in [5.74, 6) is 2.25. The van der Waals surface area contributed by atoms with E-state index in [1.54, 1.807) is 0 Å². The van der Waals surface area contributed by atoms with Crippen molar-refractivity contribution in [1.29, 1.82) is 0 Å². The number of rotatable bonds is 6. The molecule has 3 rings (SSSR count). The van der Waals surface area contributed by atoms with Crippen molar-refractivity contribution in [2.75, 3.05) is 13.1 Å². The number of aliphatic imine (C=N–C) groups is 1. The number of aromatic nitrogens is 2. The van der Waals surface area contributed by atoms with Crippen LogP contribution in [0.15, 0.2) is 9.52 Å². The Morgan fingerprint density at radius 1 is 1.39 bits per heavy atom. The molecular formula is C15H26IN5O2. The van der Waals surface area contributed by atoms with Crippen LogP contribution in [0.2, 0.25) is 0 Å². The molecule has 0 aliphatic carbocycles. The van der Waals surface area contributed by atoms with Crippen LogP contribution in [0.5, 0.6) is 0 Å². The fourth-order valence-corrected chi connectivity index (χ4v) is 3.15. The number of nitrogens with one attached hydrogen (secondary N) is 2. The largest absolute Gasteiger partial charge is 0.373 e. The van der Waals surface area contributed by atoms with E-state index in [9.17, 15) is 0 Å². The molecular weight excluding hydrogens is 409 g/mol. The predicted octanol–water partition coefficient (Wildman–Crippen LogP) is 1.80. The highest BCUT2D eigenvalue weighted by atomic mass is 127. The third-order valence-electron chi connectivity index (χ3n) is 4.16. The molecule has 8 heteroatoms. The van der Waals surface area contributed by atoms with Crippen molar-refractivity contribution in [1.82, 2.24) is 20.8 Å². The summed E-state index contributed by atoms with van der Waals surface area (Å²) < 4.78 is 11.0. The number of aryl methyl sites for hydroxylation is 2. The number of halogens is 1. The highest BCUT2D eigenvalue weighted by molar-refractivity contribution is 14.0. The van der Waals surface area contributed by atoms with E-state index in [4.69, 9.17) is 9.26 Å². The van der Waals surface area contributed by atoms with Crippen molar-refractivity contribution in [2.24, 2.45) is 4.99 Å². The van der Waals surface area contributed by atoms with Gasteiger partial charge in [0.15, 0.2) is 11.8 Å². The molecule has 23 heavy (non-hydrogen) atoms. The van der Waals surface area contributed by atoms with E-state index in [0.29, 0.717) is 30.0 Å². The first-order valence-corrected chi connectivity index (χ1v) is 8.24. The molecule has 2 fully saturated rings. The first kappa shape index (κ1) is 18.4. The minimum absolute atomic E-state index is 0. The molecule has 1 aromatic rings. The molecule has 2 bridgehead atoms. The van der Waals surface area contributed by atoms with E-state index in [1.807, 2.05) is 6.92 Å². The quantitative estimate of drug-likeness (QED) is 0.307. The van der Waals surface area contributed by atoms with E-state index >= 15 is 0 Å². The Kier molecular flexibility index (Phi) is 7.07. The molecule has 2 aliphatic rings. The monoisotopic (exact) mass is 435 g/mol. The molecule has 3 atom stereocenters. The fraction of sp³-hybridized carbons (Fsp3) is 0.800. The van der Waals surface area contributed by atoms with Crippen LogP contribution in [-0.4, -0.2) is 47.4 Å². The standard InChI is InChI=1S/C15H25N5O2.HI/c1-3-16-15(19-12-9-11-6-7-13(12)21-11)17-8-4-5-14-18-10(2)20-22-14;/h11-13H,3-9H2,1-2H3,(H2,16,17,19);1H. The maximum absolute atomic E-state index is 5.88. The summed E-state index contributed by atoms with van der Waals surface area (Å²) in [6, 6.07) is 0.398. The second-order valence-corrected chi connectivity index (χ2v) is 5.96. The number of guanidine groups is 1. The summed E-state index contributed by atoms with van der Waals surface area (Å²) in [6.07, 6.45) is 5.93. The predicted molar refractivity (Wildman–Crippen MR) is 98.2 cm³/mol. The van der Waals surface area contributed by atoms with Crippen LogP contribution in [0, 0.1) is 6.92 Å². The van der Waals surface area contributed by atoms with Crippen LogP contribution in [0.1, 0.15) is 44.3 Å². The third-order valence-corrected chi connectivity index (χ3v) is 4.16. The average molecular weight is 435 g/mol. The molecule has 2 saturated heterocycles. The zero-order valence-corrected chi connectivity index (χ0v) is 16.1. The minimum Gasteiger partial charge on any atom is -0.373 e. The zero-order valence-electron chi connectivity index (χ0n) is 13.7. The topological polar surface area (TPSA) is 84.6 Å². The van der Waals surface area contributed by atoms with Gasteiger partial charge in [-0.15, -0.1) is 24.0 Å². The molecule has 3 heterocycles. The SMILES string of the molecule is CCNC(=NCCCc1nc(C)no1)NC1CC2CCC1O2.I. The third kappa shape index (κ3) is 5.03. The van der Waals surface area contributed by atoms with Crippen molar-refractivity contribution in [2.45, 2.75) is 64.2 Å². The van der Waals surface area contributed by atoms with Gasteiger partial charge in [0.05, 0.1) is 18.2 Å². The smallest absolute Gasteiger partial charge is 0.226 e. The first-order chi connectivity index (χ1) is 10.7. The Morgan fingerprint density at radius 3 is 2.87 bits per heavy atom. The maximum atomic E-state index is 5.88.